The maximum Gasteiger partial charge on any atom is 0.357 e. The summed E-state index contributed by atoms with van der Waals surface area (Å²) in [6, 6.07) is 12.3. The van der Waals surface area contributed by atoms with E-state index in [0.29, 0.717) is 5.39 Å². The fourth-order valence-corrected chi connectivity index (χ4v) is 2.95. The maximum absolute atomic E-state index is 12.2. The lowest BCUT2D eigenvalue weighted by atomic mass is 10.1. The number of aromatic nitrogens is 2. The van der Waals surface area contributed by atoms with Crippen molar-refractivity contribution in [2.75, 3.05) is 0 Å². The Labute approximate surface area is 110 Å². The Kier molecular flexibility index (Phi) is 2.72. The first-order valence-electron chi connectivity index (χ1n) is 5.57. The van der Waals surface area contributed by atoms with Crippen LogP contribution < -0.4 is 4.28 Å². The summed E-state index contributed by atoms with van der Waals surface area (Å²) in [5.41, 5.74) is 0. The molecule has 96 valence electrons. The average molecular weight is 274 g/mol. The molecule has 0 aliphatic heterocycles. The molecule has 1 aromatic heterocycles. The zero-order valence-corrected chi connectivity index (χ0v) is 10.6. The minimum Gasteiger partial charge on any atom is -0.283 e. The lowest BCUT2D eigenvalue weighted by Gasteiger charge is -2.08. The van der Waals surface area contributed by atoms with E-state index in [0.717, 1.165) is 10.1 Å². The standard InChI is InChI=1S/C13H10N2O3S/c16-19(17,18-15-9-8-14-10-15)13-7-3-5-11-4-1-2-6-12(11)13/h1-10H. The summed E-state index contributed by atoms with van der Waals surface area (Å²) in [4.78, 5) is 3.87. The molecule has 0 aliphatic rings. The minimum atomic E-state index is -3.89. The first-order valence-corrected chi connectivity index (χ1v) is 6.98. The Bertz CT molecular complexity index is 806. The molecule has 19 heavy (non-hydrogen) atoms. The van der Waals surface area contributed by atoms with Crippen molar-refractivity contribution >= 4 is 20.9 Å². The fraction of sp³-hybridized carbons (Fsp3) is 0. The molecule has 0 saturated heterocycles. The normalized spacial score (nSPS) is 11.6. The van der Waals surface area contributed by atoms with Crippen molar-refractivity contribution in [3.63, 3.8) is 0 Å². The van der Waals surface area contributed by atoms with Crippen LogP contribution in [0.2, 0.25) is 0 Å². The molecule has 6 heteroatoms. The molecule has 3 aromatic rings. The molecule has 5 nitrogen and oxygen atoms in total. The topological polar surface area (TPSA) is 61.2 Å². The van der Waals surface area contributed by atoms with Gasteiger partial charge in [-0.2, -0.15) is 13.1 Å². The SMILES string of the molecule is O=S(=O)(On1ccnc1)c1cccc2ccccc12. The van der Waals surface area contributed by atoms with Crippen LogP contribution in [0.15, 0.2) is 66.1 Å². The predicted molar refractivity (Wildman–Crippen MR) is 69.9 cm³/mol. The van der Waals surface area contributed by atoms with Crippen molar-refractivity contribution in [3.05, 3.63) is 61.2 Å². The minimum absolute atomic E-state index is 0.138. The molecule has 0 N–H and O–H groups in total. The Morgan fingerprint density at radius 2 is 1.84 bits per heavy atom. The highest BCUT2D eigenvalue weighted by molar-refractivity contribution is 7.87. The molecule has 0 atom stereocenters. The van der Waals surface area contributed by atoms with Crippen molar-refractivity contribution in [2.45, 2.75) is 4.90 Å². The second-order valence-corrected chi connectivity index (χ2v) is 5.43. The zero-order valence-electron chi connectivity index (χ0n) is 9.80. The number of hydrogen-bond donors (Lipinski definition) is 0. The summed E-state index contributed by atoms with van der Waals surface area (Å²) in [6.07, 6.45) is 4.14. The molecule has 0 saturated carbocycles. The van der Waals surface area contributed by atoms with Gasteiger partial charge in [0.1, 0.15) is 11.2 Å². The molecule has 0 spiro atoms. The van der Waals surface area contributed by atoms with Gasteiger partial charge in [0, 0.05) is 11.6 Å². The summed E-state index contributed by atoms with van der Waals surface area (Å²) in [5, 5.41) is 1.47. The third-order valence-electron chi connectivity index (χ3n) is 2.68. The van der Waals surface area contributed by atoms with Crippen molar-refractivity contribution in [2.24, 2.45) is 0 Å². The monoisotopic (exact) mass is 274 g/mol. The molecule has 0 radical (unpaired) electrons. The Morgan fingerprint density at radius 3 is 2.63 bits per heavy atom. The van der Waals surface area contributed by atoms with Crippen LogP contribution in [0.25, 0.3) is 10.8 Å². The Morgan fingerprint density at radius 1 is 1.05 bits per heavy atom. The third kappa shape index (κ3) is 2.17. The smallest absolute Gasteiger partial charge is 0.283 e. The quantitative estimate of drug-likeness (QED) is 0.731. The highest BCUT2D eigenvalue weighted by Gasteiger charge is 2.19. The summed E-state index contributed by atoms with van der Waals surface area (Å²) in [6.45, 7) is 0. The van der Waals surface area contributed by atoms with Crippen LogP contribution in [0.4, 0.5) is 0 Å². The number of benzene rings is 2. The molecule has 3 rings (SSSR count). The van der Waals surface area contributed by atoms with E-state index in [1.165, 1.54) is 24.8 Å². The van der Waals surface area contributed by atoms with Gasteiger partial charge in [-0.25, -0.2) is 4.98 Å². The van der Waals surface area contributed by atoms with Gasteiger partial charge in [-0.15, -0.1) is 0 Å². The van der Waals surface area contributed by atoms with Crippen molar-refractivity contribution in [3.8, 4) is 0 Å². The highest BCUT2D eigenvalue weighted by atomic mass is 32.2. The van der Waals surface area contributed by atoms with Crippen LogP contribution >= 0.6 is 0 Å². The first kappa shape index (κ1) is 11.7. The van der Waals surface area contributed by atoms with Gasteiger partial charge in [-0.3, -0.25) is 4.28 Å². The molecule has 0 bridgehead atoms. The highest BCUT2D eigenvalue weighted by Crippen LogP contribution is 2.23. The van der Waals surface area contributed by atoms with Gasteiger partial charge in [0.05, 0.1) is 6.20 Å². The van der Waals surface area contributed by atoms with Gasteiger partial charge in [-0.1, -0.05) is 36.4 Å². The molecule has 0 aliphatic carbocycles. The van der Waals surface area contributed by atoms with Crippen LogP contribution in [0, 0.1) is 0 Å². The second-order valence-electron chi connectivity index (χ2n) is 3.93. The van der Waals surface area contributed by atoms with Crippen LogP contribution in [-0.2, 0) is 10.1 Å². The first-order chi connectivity index (χ1) is 9.17. The molecular weight excluding hydrogens is 264 g/mol. The summed E-state index contributed by atoms with van der Waals surface area (Å²) in [5.74, 6) is 0. The molecule has 0 unspecified atom stereocenters. The van der Waals surface area contributed by atoms with E-state index in [2.05, 4.69) is 4.98 Å². The van der Waals surface area contributed by atoms with E-state index in [4.69, 9.17) is 4.28 Å². The van der Waals surface area contributed by atoms with Gasteiger partial charge in [-0.05, 0) is 11.5 Å². The van der Waals surface area contributed by atoms with Crippen LogP contribution in [0.3, 0.4) is 0 Å². The third-order valence-corrected chi connectivity index (χ3v) is 3.95. The van der Waals surface area contributed by atoms with Crippen LogP contribution in [0.5, 0.6) is 0 Å². The molecule has 0 amide bonds. The number of nitrogens with zero attached hydrogens (tertiary/aromatic N) is 2. The summed E-state index contributed by atoms with van der Waals surface area (Å²) >= 11 is 0. The predicted octanol–water partition coefficient (Wildman–Crippen LogP) is 1.85. The molecule has 2 aromatic carbocycles. The van der Waals surface area contributed by atoms with Gasteiger partial charge in [0.25, 0.3) is 0 Å². The van der Waals surface area contributed by atoms with Crippen molar-refractivity contribution < 1.29 is 12.7 Å². The van der Waals surface area contributed by atoms with E-state index < -0.39 is 10.1 Å². The van der Waals surface area contributed by atoms with E-state index >= 15 is 0 Å². The van der Waals surface area contributed by atoms with Gasteiger partial charge in [0.15, 0.2) is 0 Å². The molecular formula is C13H10N2O3S. The van der Waals surface area contributed by atoms with Gasteiger partial charge in [0.2, 0.25) is 0 Å². The van der Waals surface area contributed by atoms with E-state index in [9.17, 15) is 8.42 Å². The van der Waals surface area contributed by atoms with Crippen LogP contribution in [-0.4, -0.2) is 18.1 Å². The van der Waals surface area contributed by atoms with Gasteiger partial charge < -0.3 is 0 Å². The summed E-state index contributed by atoms with van der Waals surface area (Å²) in [7, 11) is -3.89. The van der Waals surface area contributed by atoms with Crippen molar-refractivity contribution in [1.82, 2.24) is 9.71 Å². The zero-order chi connectivity index (χ0) is 13.3. The van der Waals surface area contributed by atoms with E-state index in [1.54, 1.807) is 18.2 Å². The number of hydrogen-bond acceptors (Lipinski definition) is 4. The lowest BCUT2D eigenvalue weighted by Crippen LogP contribution is -2.19. The van der Waals surface area contributed by atoms with E-state index in [1.807, 2.05) is 18.2 Å². The van der Waals surface area contributed by atoms with Gasteiger partial charge >= 0.3 is 10.1 Å². The largest absolute Gasteiger partial charge is 0.357 e. The number of imidazole rings is 1. The maximum atomic E-state index is 12.2. The van der Waals surface area contributed by atoms with E-state index in [-0.39, 0.29) is 4.90 Å². The molecule has 0 fully saturated rings. The number of rotatable bonds is 3. The fourth-order valence-electron chi connectivity index (χ4n) is 1.86. The molecule has 1 heterocycles. The Hall–Kier alpha value is -2.34. The van der Waals surface area contributed by atoms with Crippen molar-refractivity contribution in [1.29, 1.82) is 0 Å². The lowest BCUT2D eigenvalue weighted by molar-refractivity contribution is 0.279. The number of fused-ring (bicyclic) bond motifs is 1. The Balaban J connectivity index is 2.13. The van der Waals surface area contributed by atoms with Crippen LogP contribution in [0.1, 0.15) is 0 Å². The average Bonchev–Trinajstić information content (AvgIpc) is 2.90. The summed E-state index contributed by atoms with van der Waals surface area (Å²) < 4.78 is 30.5. The second kappa shape index (κ2) is 4.40.